The SMILES string of the molecule is Cc1ccccc1/C=C(\NC(=O)c1ccccc1)C(=O)Nc1cccc(SC(C(=O)Nc2ccccc2Br)c2ccccc2)c1. The summed E-state index contributed by atoms with van der Waals surface area (Å²) in [7, 11) is 0. The smallest absolute Gasteiger partial charge is 0.272 e. The molecule has 0 bridgehead atoms. The van der Waals surface area contributed by atoms with Crippen LogP contribution in [0, 0.1) is 6.92 Å². The lowest BCUT2D eigenvalue weighted by Crippen LogP contribution is -2.30. The van der Waals surface area contributed by atoms with Crippen molar-refractivity contribution < 1.29 is 14.4 Å². The van der Waals surface area contributed by atoms with Gasteiger partial charge >= 0.3 is 0 Å². The summed E-state index contributed by atoms with van der Waals surface area (Å²) in [6, 6.07) is 40.7. The number of aryl methyl sites for hydroxylation is 1. The minimum Gasteiger partial charge on any atom is -0.324 e. The predicted molar refractivity (Wildman–Crippen MR) is 186 cm³/mol. The molecule has 0 radical (unpaired) electrons. The van der Waals surface area contributed by atoms with Crippen molar-refractivity contribution in [2.45, 2.75) is 17.1 Å². The van der Waals surface area contributed by atoms with Gasteiger partial charge in [-0.15, -0.1) is 11.8 Å². The molecule has 0 aliphatic carbocycles. The summed E-state index contributed by atoms with van der Waals surface area (Å²) >= 11 is 4.88. The number of thioether (sulfide) groups is 1. The van der Waals surface area contributed by atoms with Gasteiger partial charge in [0.25, 0.3) is 11.8 Å². The van der Waals surface area contributed by atoms with Crippen molar-refractivity contribution in [2.75, 3.05) is 10.6 Å². The van der Waals surface area contributed by atoms with Gasteiger partial charge in [-0.25, -0.2) is 0 Å². The van der Waals surface area contributed by atoms with E-state index in [1.165, 1.54) is 11.8 Å². The summed E-state index contributed by atoms with van der Waals surface area (Å²) in [5.74, 6) is -1.05. The van der Waals surface area contributed by atoms with E-state index in [0.29, 0.717) is 16.9 Å². The summed E-state index contributed by atoms with van der Waals surface area (Å²) in [6.07, 6.45) is 1.67. The highest BCUT2D eigenvalue weighted by Gasteiger charge is 2.23. The first kappa shape index (κ1) is 31.5. The fourth-order valence-corrected chi connectivity index (χ4v) is 5.96. The van der Waals surface area contributed by atoms with Gasteiger partial charge in [-0.1, -0.05) is 91.0 Å². The molecule has 8 heteroatoms. The van der Waals surface area contributed by atoms with E-state index < -0.39 is 17.1 Å². The van der Waals surface area contributed by atoms with E-state index in [2.05, 4.69) is 31.9 Å². The van der Waals surface area contributed by atoms with Crippen LogP contribution in [0.25, 0.3) is 6.08 Å². The minimum absolute atomic E-state index is 0.103. The van der Waals surface area contributed by atoms with Crippen molar-refractivity contribution in [3.63, 3.8) is 0 Å². The fraction of sp³-hybridized carbons (Fsp3) is 0.0541. The van der Waals surface area contributed by atoms with Gasteiger partial charge in [-0.2, -0.15) is 0 Å². The lowest BCUT2D eigenvalue weighted by molar-refractivity contribution is -0.116. The number of rotatable bonds is 10. The number of hydrogen-bond acceptors (Lipinski definition) is 4. The second-order valence-electron chi connectivity index (χ2n) is 10.1. The molecule has 5 rings (SSSR count). The predicted octanol–water partition coefficient (Wildman–Crippen LogP) is 8.64. The van der Waals surface area contributed by atoms with Crippen LogP contribution in [0.1, 0.15) is 32.3 Å². The van der Waals surface area contributed by atoms with Crippen LogP contribution in [0.5, 0.6) is 0 Å². The number of anilines is 2. The monoisotopic (exact) mass is 675 g/mol. The van der Waals surface area contributed by atoms with Crippen LogP contribution in [-0.4, -0.2) is 17.7 Å². The van der Waals surface area contributed by atoms with Gasteiger partial charge in [0.05, 0.1) is 5.69 Å². The zero-order valence-corrected chi connectivity index (χ0v) is 26.8. The number of halogens is 1. The van der Waals surface area contributed by atoms with E-state index in [0.717, 1.165) is 26.1 Å². The maximum atomic E-state index is 13.6. The summed E-state index contributed by atoms with van der Waals surface area (Å²) in [5, 5.41) is 8.18. The summed E-state index contributed by atoms with van der Waals surface area (Å²) < 4.78 is 0.786. The van der Waals surface area contributed by atoms with E-state index in [1.54, 1.807) is 36.4 Å². The van der Waals surface area contributed by atoms with Crippen LogP contribution in [0.2, 0.25) is 0 Å². The number of benzene rings is 5. The third-order valence-corrected chi connectivity index (χ3v) is 8.77. The Balaban J connectivity index is 1.38. The van der Waals surface area contributed by atoms with E-state index in [9.17, 15) is 14.4 Å². The van der Waals surface area contributed by atoms with E-state index in [-0.39, 0.29) is 11.6 Å². The number of hydrogen-bond donors (Lipinski definition) is 3. The Labute approximate surface area is 275 Å². The molecular formula is C37H30BrN3O3S. The highest BCUT2D eigenvalue weighted by atomic mass is 79.9. The van der Waals surface area contributed by atoms with Crippen molar-refractivity contribution in [3.8, 4) is 0 Å². The normalized spacial score (nSPS) is 11.7. The molecule has 3 amide bonds. The molecule has 224 valence electrons. The van der Waals surface area contributed by atoms with Gasteiger partial charge in [0, 0.05) is 20.6 Å². The highest BCUT2D eigenvalue weighted by molar-refractivity contribution is 9.10. The molecule has 0 aromatic heterocycles. The average Bonchev–Trinajstić information content (AvgIpc) is 3.06. The van der Waals surface area contributed by atoms with Crippen LogP contribution in [0.4, 0.5) is 11.4 Å². The van der Waals surface area contributed by atoms with Crippen molar-refractivity contribution in [3.05, 3.63) is 166 Å². The molecular weight excluding hydrogens is 646 g/mol. The summed E-state index contributed by atoms with van der Waals surface area (Å²) in [4.78, 5) is 41.0. The van der Waals surface area contributed by atoms with Gasteiger partial charge in [0.15, 0.2) is 0 Å². The highest BCUT2D eigenvalue weighted by Crippen LogP contribution is 2.37. The second-order valence-corrected chi connectivity index (χ2v) is 12.1. The fourth-order valence-electron chi connectivity index (χ4n) is 4.49. The molecule has 0 saturated carbocycles. The Kier molecular flexibility index (Phi) is 10.6. The molecule has 0 heterocycles. The van der Waals surface area contributed by atoms with Gasteiger partial charge in [-0.3, -0.25) is 14.4 Å². The third kappa shape index (κ3) is 8.59. The molecule has 1 unspecified atom stereocenters. The largest absolute Gasteiger partial charge is 0.324 e. The molecule has 0 fully saturated rings. The molecule has 6 nitrogen and oxygen atoms in total. The lowest BCUT2D eigenvalue weighted by atomic mass is 10.1. The molecule has 0 saturated heterocycles. The standard InChI is InChI=1S/C37H30BrN3O3S/c1-25-13-8-9-18-28(25)23-33(41-35(42)27-16-6-3-7-17-27)36(43)39-29-19-12-20-30(24-29)45-34(26-14-4-2-5-15-26)37(44)40-32-22-11-10-21-31(32)38/h2-24,34H,1H3,(H,39,43)(H,40,44)(H,41,42)/b33-23-. The first-order chi connectivity index (χ1) is 21.9. The lowest BCUT2D eigenvalue weighted by Gasteiger charge is -2.18. The zero-order chi connectivity index (χ0) is 31.6. The van der Waals surface area contributed by atoms with E-state index >= 15 is 0 Å². The molecule has 3 N–H and O–H groups in total. The molecule has 0 aliphatic heterocycles. The topological polar surface area (TPSA) is 87.3 Å². The Morgan fingerprint density at radius 2 is 1.40 bits per heavy atom. The van der Waals surface area contributed by atoms with Crippen LogP contribution in [0.3, 0.4) is 0 Å². The number of nitrogens with one attached hydrogen (secondary N) is 3. The number of carbonyl (C=O) groups is 3. The van der Waals surface area contributed by atoms with Gasteiger partial charge in [0.2, 0.25) is 5.91 Å². The van der Waals surface area contributed by atoms with Crippen molar-refractivity contribution in [1.82, 2.24) is 5.32 Å². The van der Waals surface area contributed by atoms with E-state index in [1.807, 2.05) is 110 Å². The first-order valence-corrected chi connectivity index (χ1v) is 15.9. The third-order valence-electron chi connectivity index (χ3n) is 6.84. The van der Waals surface area contributed by atoms with Gasteiger partial charge in [-0.05, 0) is 88.1 Å². The molecule has 0 aliphatic rings. The van der Waals surface area contributed by atoms with Crippen molar-refractivity contribution >= 4 is 62.9 Å². The second kappa shape index (κ2) is 15.2. The maximum absolute atomic E-state index is 13.6. The average molecular weight is 677 g/mol. The minimum atomic E-state index is -0.564. The number of carbonyl (C=O) groups excluding carboxylic acids is 3. The molecule has 5 aromatic rings. The van der Waals surface area contributed by atoms with E-state index in [4.69, 9.17) is 0 Å². The molecule has 1 atom stereocenters. The quantitative estimate of drug-likeness (QED) is 0.102. The van der Waals surface area contributed by atoms with Gasteiger partial charge in [0.1, 0.15) is 10.9 Å². The van der Waals surface area contributed by atoms with Crippen LogP contribution in [-0.2, 0) is 9.59 Å². The Morgan fingerprint density at radius 1 is 0.733 bits per heavy atom. The number of amides is 3. The van der Waals surface area contributed by atoms with Gasteiger partial charge < -0.3 is 16.0 Å². The summed E-state index contributed by atoms with van der Waals surface area (Å²) in [5.41, 5.74) is 4.35. The van der Waals surface area contributed by atoms with Crippen molar-refractivity contribution in [1.29, 1.82) is 0 Å². The number of para-hydroxylation sites is 1. The van der Waals surface area contributed by atoms with Crippen molar-refractivity contribution in [2.24, 2.45) is 0 Å². The molecule has 0 spiro atoms. The van der Waals surface area contributed by atoms with Crippen LogP contribution in [0.15, 0.2) is 149 Å². The summed E-state index contributed by atoms with van der Waals surface area (Å²) in [6.45, 7) is 1.94. The Morgan fingerprint density at radius 3 is 2.13 bits per heavy atom. The first-order valence-electron chi connectivity index (χ1n) is 14.2. The Bertz CT molecular complexity index is 1840. The van der Waals surface area contributed by atoms with Crippen LogP contribution >= 0.6 is 27.7 Å². The zero-order valence-electron chi connectivity index (χ0n) is 24.4. The molecule has 45 heavy (non-hydrogen) atoms. The molecule has 5 aromatic carbocycles. The maximum Gasteiger partial charge on any atom is 0.272 e. The Hall–Kier alpha value is -4.92. The van der Waals surface area contributed by atoms with Crippen LogP contribution < -0.4 is 16.0 Å².